The Morgan fingerprint density at radius 3 is 1.63 bits per heavy atom. The van der Waals surface area contributed by atoms with Crippen molar-refractivity contribution in [3.63, 3.8) is 0 Å². The minimum absolute atomic E-state index is 0.0796. The zero-order chi connectivity index (χ0) is 20.7. The molecule has 2 aliphatic carbocycles. The molecule has 3 N–H and O–H groups in total. The fourth-order valence-corrected chi connectivity index (χ4v) is 6.06. The smallest absolute Gasteiger partial charge is 0.190 e. The second kappa shape index (κ2) is 9.27. The van der Waals surface area contributed by atoms with Gasteiger partial charge >= 0.3 is 0 Å². The quantitative estimate of drug-likeness (QED) is 0.603. The van der Waals surface area contributed by atoms with Gasteiger partial charge in [0.25, 0.3) is 0 Å². The van der Waals surface area contributed by atoms with Gasteiger partial charge in [0.1, 0.15) is 24.4 Å². The van der Waals surface area contributed by atoms with Crippen LogP contribution in [0.15, 0.2) is 0 Å². The first-order chi connectivity index (χ1) is 14.7. The van der Waals surface area contributed by atoms with Crippen LogP contribution in [0.4, 0.5) is 0 Å². The van der Waals surface area contributed by atoms with Gasteiger partial charge in [0.15, 0.2) is 18.9 Å². The molecule has 5 fully saturated rings. The summed E-state index contributed by atoms with van der Waals surface area (Å²) in [6.45, 7) is -0.0796. The van der Waals surface area contributed by atoms with E-state index in [-0.39, 0.29) is 37.5 Å². The highest BCUT2D eigenvalue weighted by molar-refractivity contribution is 4.99. The molecule has 172 valence electrons. The summed E-state index contributed by atoms with van der Waals surface area (Å²) in [5.41, 5.74) is 0. The Bertz CT molecular complexity index is 566. The van der Waals surface area contributed by atoms with E-state index in [1.807, 2.05) is 14.1 Å². The molecule has 3 saturated heterocycles. The van der Waals surface area contributed by atoms with Gasteiger partial charge in [-0.15, -0.1) is 0 Å². The molecular formula is C22H38N2O6. The number of fused-ring (bicyclic) bond motifs is 3. The Labute approximate surface area is 179 Å². The van der Waals surface area contributed by atoms with Crippen molar-refractivity contribution in [3.8, 4) is 0 Å². The molecule has 0 aromatic rings. The van der Waals surface area contributed by atoms with E-state index in [9.17, 15) is 5.11 Å². The predicted molar refractivity (Wildman–Crippen MR) is 109 cm³/mol. The van der Waals surface area contributed by atoms with Crippen molar-refractivity contribution in [1.82, 2.24) is 10.6 Å². The minimum Gasteiger partial charge on any atom is -0.394 e. The van der Waals surface area contributed by atoms with Gasteiger partial charge in [-0.3, -0.25) is 0 Å². The Hall–Kier alpha value is -0.320. The lowest BCUT2D eigenvalue weighted by molar-refractivity contribution is -0.318. The Morgan fingerprint density at radius 1 is 0.600 bits per heavy atom. The molecule has 8 heteroatoms. The topological polar surface area (TPSA) is 90.4 Å². The van der Waals surface area contributed by atoms with E-state index in [0.29, 0.717) is 23.9 Å². The summed E-state index contributed by atoms with van der Waals surface area (Å²) in [4.78, 5) is 0. The first kappa shape index (κ1) is 21.5. The van der Waals surface area contributed by atoms with Crippen LogP contribution in [0.5, 0.6) is 0 Å². The van der Waals surface area contributed by atoms with Crippen molar-refractivity contribution in [2.24, 2.45) is 11.8 Å². The highest BCUT2D eigenvalue weighted by Gasteiger charge is 2.59. The number of aliphatic hydroxyl groups excluding tert-OH is 1. The van der Waals surface area contributed by atoms with Crippen LogP contribution in [-0.4, -0.2) is 81.2 Å². The number of hydrogen-bond donors (Lipinski definition) is 3. The molecule has 3 aliphatic heterocycles. The molecule has 0 bridgehead atoms. The molecule has 3 heterocycles. The van der Waals surface area contributed by atoms with Gasteiger partial charge in [0.2, 0.25) is 0 Å². The van der Waals surface area contributed by atoms with Crippen molar-refractivity contribution in [2.75, 3.05) is 20.7 Å². The van der Waals surface area contributed by atoms with E-state index < -0.39 is 12.4 Å². The van der Waals surface area contributed by atoms with Crippen molar-refractivity contribution >= 4 is 0 Å². The van der Waals surface area contributed by atoms with Crippen molar-refractivity contribution in [2.45, 2.75) is 107 Å². The first-order valence-corrected chi connectivity index (χ1v) is 11.9. The van der Waals surface area contributed by atoms with Crippen LogP contribution in [0.25, 0.3) is 0 Å². The van der Waals surface area contributed by atoms with Gasteiger partial charge in [-0.05, 0) is 65.5 Å². The van der Waals surface area contributed by atoms with Gasteiger partial charge in [-0.25, -0.2) is 0 Å². The highest BCUT2D eigenvalue weighted by atomic mass is 16.8. The zero-order valence-electron chi connectivity index (χ0n) is 18.2. The third kappa shape index (κ3) is 4.06. The van der Waals surface area contributed by atoms with Gasteiger partial charge < -0.3 is 39.4 Å². The van der Waals surface area contributed by atoms with Crippen LogP contribution < -0.4 is 10.6 Å². The summed E-state index contributed by atoms with van der Waals surface area (Å²) in [6.07, 6.45) is 6.73. The Balaban J connectivity index is 1.21. The third-order valence-electron chi connectivity index (χ3n) is 8.04. The molecule has 5 rings (SSSR count). The maximum atomic E-state index is 9.94. The van der Waals surface area contributed by atoms with Crippen LogP contribution in [0.3, 0.4) is 0 Å². The van der Waals surface area contributed by atoms with Crippen LogP contribution in [0, 0.1) is 11.8 Å². The number of hydrogen-bond acceptors (Lipinski definition) is 8. The van der Waals surface area contributed by atoms with E-state index >= 15 is 0 Å². The molecule has 8 nitrogen and oxygen atoms in total. The standard InChI is InChI=1S/C22H38N2O6/c1-23-14-7-3-12(4-8-14)20-26-16(11-25)17-18(28-20)19-22(27-17)30-21(29-19)13-5-9-15(24-2)10-6-13/h12-25H,3-11H2,1-2H3. The van der Waals surface area contributed by atoms with E-state index in [4.69, 9.17) is 23.7 Å². The summed E-state index contributed by atoms with van der Waals surface area (Å²) < 4.78 is 31.3. The molecule has 7 atom stereocenters. The normalized spacial score (nSPS) is 51.5. The lowest BCUT2D eigenvalue weighted by Gasteiger charge is -2.43. The van der Waals surface area contributed by atoms with Crippen molar-refractivity contribution < 1.29 is 28.8 Å². The lowest BCUT2D eigenvalue weighted by atomic mass is 9.85. The second-order valence-electron chi connectivity index (χ2n) is 9.70. The summed E-state index contributed by atoms with van der Waals surface area (Å²) in [5, 5.41) is 16.7. The molecule has 2 saturated carbocycles. The minimum atomic E-state index is -0.427. The van der Waals surface area contributed by atoms with Crippen LogP contribution in [0.2, 0.25) is 0 Å². The molecule has 30 heavy (non-hydrogen) atoms. The molecule has 0 aromatic heterocycles. The third-order valence-corrected chi connectivity index (χ3v) is 8.04. The van der Waals surface area contributed by atoms with Gasteiger partial charge in [-0.2, -0.15) is 0 Å². The number of rotatable bonds is 5. The Kier molecular flexibility index (Phi) is 6.65. The van der Waals surface area contributed by atoms with Crippen LogP contribution >= 0.6 is 0 Å². The zero-order valence-corrected chi connectivity index (χ0v) is 18.2. The first-order valence-electron chi connectivity index (χ1n) is 11.9. The summed E-state index contributed by atoms with van der Waals surface area (Å²) in [7, 11) is 4.06. The fraction of sp³-hybridized carbons (Fsp3) is 1.00. The average Bonchev–Trinajstić information content (AvgIpc) is 3.37. The van der Waals surface area contributed by atoms with Crippen LogP contribution in [0.1, 0.15) is 51.4 Å². The molecular weight excluding hydrogens is 388 g/mol. The molecule has 0 aromatic carbocycles. The second-order valence-corrected chi connectivity index (χ2v) is 9.70. The Morgan fingerprint density at radius 2 is 1.10 bits per heavy atom. The van der Waals surface area contributed by atoms with Crippen molar-refractivity contribution in [1.29, 1.82) is 0 Å². The molecule has 5 aliphatic rings. The van der Waals surface area contributed by atoms with E-state index in [1.54, 1.807) is 0 Å². The average molecular weight is 427 g/mol. The van der Waals surface area contributed by atoms with E-state index in [0.717, 1.165) is 51.4 Å². The SMILES string of the molecule is CNC1CCC(C2OC3OC4C(CO)OC(C5CCC(NC)CC5)OC4C3O2)CC1. The van der Waals surface area contributed by atoms with E-state index in [1.165, 1.54) is 0 Å². The number of aliphatic hydroxyl groups is 1. The molecule has 0 spiro atoms. The molecule has 7 unspecified atom stereocenters. The molecule has 0 radical (unpaired) electrons. The maximum absolute atomic E-state index is 9.94. The summed E-state index contributed by atoms with van der Waals surface area (Å²) >= 11 is 0. The van der Waals surface area contributed by atoms with Crippen LogP contribution in [-0.2, 0) is 23.7 Å². The maximum Gasteiger partial charge on any atom is 0.190 e. The van der Waals surface area contributed by atoms with Gasteiger partial charge in [0.05, 0.1) is 6.61 Å². The predicted octanol–water partition coefficient (Wildman–Crippen LogP) is 1.11. The highest BCUT2D eigenvalue weighted by Crippen LogP contribution is 2.44. The number of nitrogens with one attached hydrogen (secondary N) is 2. The summed E-state index contributed by atoms with van der Waals surface area (Å²) in [5.74, 6) is 0.752. The monoisotopic (exact) mass is 426 g/mol. The molecule has 0 amide bonds. The lowest BCUT2D eigenvalue weighted by Crippen LogP contribution is -2.55. The largest absolute Gasteiger partial charge is 0.394 e. The summed E-state index contributed by atoms with van der Waals surface area (Å²) in [6, 6.07) is 1.18. The fourth-order valence-electron chi connectivity index (χ4n) is 6.06. The van der Waals surface area contributed by atoms with Gasteiger partial charge in [-0.1, -0.05) is 0 Å². The van der Waals surface area contributed by atoms with Crippen molar-refractivity contribution in [3.05, 3.63) is 0 Å². The number of ether oxygens (including phenoxy) is 5. The van der Waals surface area contributed by atoms with Gasteiger partial charge in [0, 0.05) is 23.9 Å². The van der Waals surface area contributed by atoms with E-state index in [2.05, 4.69) is 10.6 Å².